The number of methoxy groups -OCH3 is 3. The van der Waals surface area contributed by atoms with E-state index < -0.39 is 33.8 Å². The average molecular weight is 899 g/mol. The molecule has 2 aromatic carbocycles. The van der Waals surface area contributed by atoms with Crippen molar-refractivity contribution in [2.75, 3.05) is 91.3 Å². The highest BCUT2D eigenvalue weighted by Crippen LogP contribution is 2.47. The van der Waals surface area contributed by atoms with Crippen LogP contribution >= 0.6 is 11.6 Å². The Morgan fingerprint density at radius 1 is 1.02 bits per heavy atom. The normalized spacial score (nSPS) is 27.8. The molecule has 338 valence electrons. The molecule has 2 aliphatic carbocycles. The lowest BCUT2D eigenvalue weighted by Crippen LogP contribution is -2.49. The van der Waals surface area contributed by atoms with Gasteiger partial charge in [-0.15, -0.1) is 9.46 Å². The van der Waals surface area contributed by atoms with E-state index in [9.17, 15) is 9.59 Å². The maximum Gasteiger partial charge on any atom is 0.286 e. The summed E-state index contributed by atoms with van der Waals surface area (Å²) in [4.78, 5) is 30.6. The first kappa shape index (κ1) is 46.0. The van der Waals surface area contributed by atoms with Gasteiger partial charge in [0.25, 0.3) is 11.8 Å². The number of carbonyl (C=O) groups excluding carboxylic acids is 2. The number of amides is 2. The number of aryl methyl sites for hydroxylation is 2. The van der Waals surface area contributed by atoms with Crippen LogP contribution in [0.5, 0.6) is 11.6 Å². The molecule has 1 saturated carbocycles. The molecule has 7 atom stereocenters. The Bertz CT molecular complexity index is 2210. The van der Waals surface area contributed by atoms with Crippen LogP contribution in [-0.4, -0.2) is 124 Å². The lowest BCUT2D eigenvalue weighted by Gasteiger charge is -2.46. The van der Waals surface area contributed by atoms with Crippen LogP contribution in [0.15, 0.2) is 59.1 Å². The van der Waals surface area contributed by atoms with Gasteiger partial charge in [0.2, 0.25) is 5.88 Å². The number of rotatable bonds is 14. The molecule has 1 N–H and O–H groups in total. The van der Waals surface area contributed by atoms with Crippen LogP contribution in [0.4, 0.5) is 5.69 Å². The zero-order chi connectivity index (χ0) is 43.9. The molecule has 2 aliphatic heterocycles. The first-order chi connectivity index (χ1) is 29.9. The van der Waals surface area contributed by atoms with Crippen LogP contribution in [0.25, 0.3) is 0 Å². The highest BCUT2D eigenvalue weighted by molar-refractivity contribution is 7.92. The second-order valence-electron chi connectivity index (χ2n) is 16.8. The third-order valence-corrected chi connectivity index (χ3v) is 14.7. The summed E-state index contributed by atoms with van der Waals surface area (Å²) in [6.45, 7) is 5.97. The van der Waals surface area contributed by atoms with Crippen molar-refractivity contribution in [1.29, 1.82) is 0 Å². The van der Waals surface area contributed by atoms with Crippen molar-refractivity contribution in [2.45, 2.75) is 56.7 Å². The summed E-state index contributed by atoms with van der Waals surface area (Å²) < 4.78 is 64.5. The summed E-state index contributed by atoms with van der Waals surface area (Å²) in [5.74, 6) is -1.01. The van der Waals surface area contributed by atoms with Crippen LogP contribution in [0.2, 0.25) is 5.02 Å². The van der Waals surface area contributed by atoms with Crippen molar-refractivity contribution in [2.24, 2.45) is 29.2 Å². The standard InChI is InChI=1S/C45H60ClN5O10S/c1-30-27-62(54,49-43(53)36-26-50(2)47-44(36)57-5)48-42(52)32-9-13-41-38(24-32)51(28-45(29-61-41)16-6-7-31-23-34(46)10-12-37(31)45)25-33-8-11-35(33)40(56-4)15-14-39(30)60-22-21-59-20-19-58-18-17-55-3/h9-10,12-15,23-24,26,30,33,35,39-40H,6-8,11,16-22,25,27-29H2,1-5H3,(H,48,49,52,53,54)/b15-14+/t30-,33+,35-,39+,40+,45+,62+/m1/s1. The van der Waals surface area contributed by atoms with Crippen molar-refractivity contribution in [3.05, 3.63) is 82.0 Å². The molecular weight excluding hydrogens is 838 g/mol. The predicted molar refractivity (Wildman–Crippen MR) is 236 cm³/mol. The summed E-state index contributed by atoms with van der Waals surface area (Å²) in [7, 11) is 2.57. The molecule has 7 rings (SSSR count). The predicted octanol–water partition coefficient (Wildman–Crippen LogP) is 5.82. The van der Waals surface area contributed by atoms with Crippen molar-refractivity contribution >= 4 is 39.0 Å². The summed E-state index contributed by atoms with van der Waals surface area (Å²) >= 11 is 6.50. The lowest BCUT2D eigenvalue weighted by atomic mass is 9.68. The van der Waals surface area contributed by atoms with E-state index in [-0.39, 0.29) is 59.3 Å². The van der Waals surface area contributed by atoms with E-state index in [2.05, 4.69) is 31.2 Å². The highest BCUT2D eigenvalue weighted by atomic mass is 35.5. The smallest absolute Gasteiger partial charge is 0.286 e. The number of aromatic nitrogens is 2. The van der Waals surface area contributed by atoms with Crippen molar-refractivity contribution in [3.8, 4) is 11.6 Å². The van der Waals surface area contributed by atoms with E-state index in [1.807, 2.05) is 25.1 Å². The minimum absolute atomic E-state index is 0.0426. The Morgan fingerprint density at radius 2 is 1.79 bits per heavy atom. The summed E-state index contributed by atoms with van der Waals surface area (Å²) in [6, 6.07) is 11.4. The van der Waals surface area contributed by atoms with E-state index >= 15 is 4.21 Å². The first-order valence-electron chi connectivity index (χ1n) is 21.4. The van der Waals surface area contributed by atoms with Crippen LogP contribution in [0.3, 0.4) is 0 Å². The van der Waals surface area contributed by atoms with Gasteiger partial charge in [0, 0.05) is 62.5 Å². The van der Waals surface area contributed by atoms with Gasteiger partial charge in [0.15, 0.2) is 0 Å². The number of anilines is 1. The summed E-state index contributed by atoms with van der Waals surface area (Å²) in [5.41, 5.74) is 3.20. The van der Waals surface area contributed by atoms with Gasteiger partial charge in [-0.25, -0.2) is 4.21 Å². The fourth-order valence-electron chi connectivity index (χ4n) is 9.23. The molecule has 0 unspecified atom stereocenters. The number of halogens is 1. The Hall–Kier alpha value is -4.03. The molecule has 1 aromatic heterocycles. The van der Waals surface area contributed by atoms with Crippen LogP contribution in [0.1, 0.15) is 64.4 Å². The topological polar surface area (TPSA) is 161 Å². The third-order valence-electron chi connectivity index (χ3n) is 12.5. The van der Waals surface area contributed by atoms with Crippen LogP contribution in [0, 0.1) is 17.8 Å². The van der Waals surface area contributed by atoms with Gasteiger partial charge in [-0.3, -0.25) is 19.0 Å². The largest absolute Gasteiger partial charge is 0.490 e. The van der Waals surface area contributed by atoms with Gasteiger partial charge in [-0.2, -0.15) is 0 Å². The van der Waals surface area contributed by atoms with Gasteiger partial charge >= 0.3 is 0 Å². The zero-order valence-electron chi connectivity index (χ0n) is 36.3. The SMILES string of the molecule is COCCOCCOCCO[C@H]1/C=C/[C@H](OC)[C@@H]2CC[C@H]2CN2C[C@@]3(CCCc4cc(Cl)ccc43)COc3ccc(cc32)C(=O)N=[S@](=O)(NC(=O)c2cn(C)nc2OC)C[C@H]1C. The number of nitrogens with one attached hydrogen (secondary N) is 1. The van der Waals surface area contributed by atoms with Crippen LogP contribution in [-0.2, 0) is 52.5 Å². The molecule has 17 heteroatoms. The second-order valence-corrected chi connectivity index (χ2v) is 19.2. The maximum atomic E-state index is 15.1. The zero-order valence-corrected chi connectivity index (χ0v) is 37.9. The van der Waals surface area contributed by atoms with Gasteiger partial charge in [0.05, 0.1) is 77.0 Å². The molecule has 4 aliphatic rings. The highest BCUT2D eigenvalue weighted by Gasteiger charge is 2.44. The molecule has 15 nitrogen and oxygen atoms in total. The van der Waals surface area contributed by atoms with Gasteiger partial charge in [0.1, 0.15) is 21.2 Å². The monoisotopic (exact) mass is 897 g/mol. The van der Waals surface area contributed by atoms with Crippen LogP contribution < -0.4 is 19.1 Å². The molecular formula is C45H60ClN5O10S. The molecule has 3 aromatic rings. The number of carbonyl (C=O) groups is 2. The number of hydrogen-bond acceptors (Lipinski definition) is 12. The third kappa shape index (κ3) is 10.7. The average Bonchev–Trinajstić information content (AvgIpc) is 3.56. The number of ether oxygens (including phenoxy) is 7. The van der Waals surface area contributed by atoms with Crippen molar-refractivity contribution in [1.82, 2.24) is 14.5 Å². The number of fused-ring (bicyclic) bond motifs is 4. The molecule has 3 heterocycles. The Balaban J connectivity index is 1.25. The van der Waals surface area contributed by atoms with Gasteiger partial charge in [-0.1, -0.05) is 36.7 Å². The fraction of sp³-hybridized carbons (Fsp3) is 0.578. The molecule has 0 radical (unpaired) electrons. The molecule has 2 bridgehead atoms. The molecule has 1 fully saturated rings. The Morgan fingerprint density at radius 3 is 2.53 bits per heavy atom. The summed E-state index contributed by atoms with van der Waals surface area (Å²) in [5, 5.41) is 4.90. The molecule has 2 amide bonds. The maximum absolute atomic E-state index is 15.1. The Kier molecular flexibility index (Phi) is 15.3. The first-order valence-corrected chi connectivity index (χ1v) is 23.5. The number of nitrogens with zero attached hydrogens (tertiary/aromatic N) is 4. The van der Waals surface area contributed by atoms with E-state index in [1.54, 1.807) is 39.5 Å². The number of benzene rings is 2. The van der Waals surface area contributed by atoms with Gasteiger partial charge in [-0.05, 0) is 85.4 Å². The quantitative estimate of drug-likeness (QED) is 0.153. The molecule has 62 heavy (non-hydrogen) atoms. The summed E-state index contributed by atoms with van der Waals surface area (Å²) in [6.07, 6.45) is 9.48. The number of hydrogen-bond donors (Lipinski definition) is 1. The van der Waals surface area contributed by atoms with E-state index in [4.69, 9.17) is 44.8 Å². The Labute approximate surface area is 370 Å². The second kappa shape index (κ2) is 20.6. The molecule has 1 spiro atoms. The van der Waals surface area contributed by atoms with E-state index in [0.717, 1.165) is 37.8 Å². The van der Waals surface area contributed by atoms with Gasteiger partial charge < -0.3 is 38.1 Å². The minimum Gasteiger partial charge on any atom is -0.490 e. The molecule has 0 saturated heterocycles. The lowest BCUT2D eigenvalue weighted by molar-refractivity contribution is -0.0158. The van der Waals surface area contributed by atoms with E-state index in [1.165, 1.54) is 29.1 Å². The minimum atomic E-state index is -3.81. The fourth-order valence-corrected chi connectivity index (χ4v) is 11.3. The van der Waals surface area contributed by atoms with Crippen molar-refractivity contribution in [3.63, 3.8) is 0 Å². The van der Waals surface area contributed by atoms with Crippen molar-refractivity contribution < 1.29 is 47.0 Å². The van der Waals surface area contributed by atoms with E-state index in [0.29, 0.717) is 56.9 Å².